The molecule has 3 rings (SSSR count). The standard InChI is InChI=1S/C14H12ClN3O2/c15-10-3-1-9(2-4-10)12-5-11(19)6-13(20)14(12)18-8-16-7-17-18/h1-4,7-8,12,14H,5-6H2/t12-,14+/m1/s1. The van der Waals surface area contributed by atoms with Crippen LogP contribution in [0.3, 0.4) is 0 Å². The molecule has 6 heteroatoms. The second kappa shape index (κ2) is 5.17. The smallest absolute Gasteiger partial charge is 0.165 e. The number of rotatable bonds is 2. The molecule has 0 radical (unpaired) electrons. The third-order valence-corrected chi connectivity index (χ3v) is 3.80. The van der Waals surface area contributed by atoms with E-state index in [0.29, 0.717) is 11.4 Å². The van der Waals surface area contributed by atoms with Crippen LogP contribution in [0.1, 0.15) is 30.4 Å². The lowest BCUT2D eigenvalue weighted by Crippen LogP contribution is -2.34. The van der Waals surface area contributed by atoms with Crippen molar-refractivity contribution >= 4 is 23.2 Å². The first-order valence-electron chi connectivity index (χ1n) is 6.29. The third kappa shape index (κ3) is 2.36. The summed E-state index contributed by atoms with van der Waals surface area (Å²) in [4.78, 5) is 27.9. The number of hydrogen-bond acceptors (Lipinski definition) is 4. The average molecular weight is 290 g/mol. The molecule has 2 atom stereocenters. The summed E-state index contributed by atoms with van der Waals surface area (Å²) >= 11 is 5.88. The highest BCUT2D eigenvalue weighted by atomic mass is 35.5. The SMILES string of the molecule is O=C1CC(=O)[C@@H](n2cncn2)[C@@H](c2ccc(Cl)cc2)C1. The van der Waals surface area contributed by atoms with Crippen LogP contribution in [-0.2, 0) is 9.59 Å². The zero-order chi connectivity index (χ0) is 14.1. The van der Waals surface area contributed by atoms with Crippen LogP contribution in [0, 0.1) is 0 Å². The highest BCUT2D eigenvalue weighted by molar-refractivity contribution is 6.30. The molecule has 1 aliphatic rings. The fourth-order valence-electron chi connectivity index (χ4n) is 2.66. The highest BCUT2D eigenvalue weighted by Crippen LogP contribution is 2.37. The van der Waals surface area contributed by atoms with Crippen LogP contribution in [0.2, 0.25) is 5.02 Å². The highest BCUT2D eigenvalue weighted by Gasteiger charge is 2.38. The molecule has 1 saturated carbocycles. The second-order valence-corrected chi connectivity index (χ2v) is 5.30. The number of carbonyl (C=O) groups is 2. The maximum atomic E-state index is 12.2. The van der Waals surface area contributed by atoms with Gasteiger partial charge < -0.3 is 0 Å². The van der Waals surface area contributed by atoms with Gasteiger partial charge in [-0.2, -0.15) is 5.10 Å². The number of halogens is 1. The number of benzene rings is 1. The Bertz CT molecular complexity index is 637. The lowest BCUT2D eigenvalue weighted by molar-refractivity contribution is -0.133. The lowest BCUT2D eigenvalue weighted by atomic mass is 9.78. The molecular weight excluding hydrogens is 278 g/mol. The van der Waals surface area contributed by atoms with Gasteiger partial charge in [-0.05, 0) is 17.7 Å². The quantitative estimate of drug-likeness (QED) is 0.795. The van der Waals surface area contributed by atoms with Gasteiger partial charge in [-0.3, -0.25) is 9.59 Å². The van der Waals surface area contributed by atoms with Gasteiger partial charge in [-0.15, -0.1) is 0 Å². The molecule has 0 unspecified atom stereocenters. The molecule has 0 N–H and O–H groups in total. The van der Waals surface area contributed by atoms with Crippen molar-refractivity contribution in [2.45, 2.75) is 24.8 Å². The van der Waals surface area contributed by atoms with E-state index in [4.69, 9.17) is 11.6 Å². The maximum absolute atomic E-state index is 12.2. The Morgan fingerprint density at radius 3 is 2.60 bits per heavy atom. The molecule has 5 nitrogen and oxygen atoms in total. The Morgan fingerprint density at radius 2 is 1.95 bits per heavy atom. The summed E-state index contributed by atoms with van der Waals surface area (Å²) in [5.41, 5.74) is 0.913. The van der Waals surface area contributed by atoms with Crippen LogP contribution in [0.5, 0.6) is 0 Å². The van der Waals surface area contributed by atoms with E-state index in [2.05, 4.69) is 10.1 Å². The summed E-state index contributed by atoms with van der Waals surface area (Å²) in [6, 6.07) is 6.75. The van der Waals surface area contributed by atoms with Gasteiger partial charge in [0.25, 0.3) is 0 Å². The molecule has 2 aromatic rings. The fraction of sp³-hybridized carbons (Fsp3) is 0.286. The normalized spacial score (nSPS) is 23.1. The molecule has 0 aliphatic heterocycles. The third-order valence-electron chi connectivity index (χ3n) is 3.55. The molecular formula is C14H12ClN3O2. The molecule has 0 bridgehead atoms. The van der Waals surface area contributed by atoms with Crippen LogP contribution in [0.25, 0.3) is 0 Å². The molecule has 1 aromatic heterocycles. The van der Waals surface area contributed by atoms with Crippen molar-refractivity contribution < 1.29 is 9.59 Å². The average Bonchev–Trinajstić information content (AvgIpc) is 2.92. The second-order valence-electron chi connectivity index (χ2n) is 4.86. The summed E-state index contributed by atoms with van der Waals surface area (Å²) in [7, 11) is 0. The topological polar surface area (TPSA) is 64.8 Å². The van der Waals surface area contributed by atoms with Crippen molar-refractivity contribution in [3.05, 3.63) is 47.5 Å². The van der Waals surface area contributed by atoms with Gasteiger partial charge in [0.05, 0.1) is 6.42 Å². The largest absolute Gasteiger partial charge is 0.299 e. The summed E-state index contributed by atoms with van der Waals surface area (Å²) in [6.45, 7) is 0. The number of hydrogen-bond donors (Lipinski definition) is 0. The van der Waals surface area contributed by atoms with Crippen molar-refractivity contribution in [2.75, 3.05) is 0 Å². The minimum Gasteiger partial charge on any atom is -0.299 e. The van der Waals surface area contributed by atoms with Gasteiger partial charge in [0.1, 0.15) is 24.5 Å². The van der Waals surface area contributed by atoms with Crippen LogP contribution >= 0.6 is 11.6 Å². The molecule has 0 spiro atoms. The van der Waals surface area contributed by atoms with E-state index in [0.717, 1.165) is 5.56 Å². The van der Waals surface area contributed by atoms with Crippen LogP contribution in [0.4, 0.5) is 0 Å². The summed E-state index contributed by atoms with van der Waals surface area (Å²) < 4.78 is 1.54. The summed E-state index contributed by atoms with van der Waals surface area (Å²) in [5, 5.41) is 4.68. The number of aromatic nitrogens is 3. The van der Waals surface area contributed by atoms with Gasteiger partial charge in [-0.1, -0.05) is 23.7 Å². The van der Waals surface area contributed by atoms with Gasteiger partial charge >= 0.3 is 0 Å². The first-order chi connectivity index (χ1) is 9.65. The van der Waals surface area contributed by atoms with E-state index in [1.807, 2.05) is 12.1 Å². The monoisotopic (exact) mass is 289 g/mol. The van der Waals surface area contributed by atoms with E-state index in [1.54, 1.807) is 12.1 Å². The van der Waals surface area contributed by atoms with Crippen molar-refractivity contribution in [3.63, 3.8) is 0 Å². The van der Waals surface area contributed by atoms with E-state index < -0.39 is 6.04 Å². The Hall–Kier alpha value is -2.01. The molecule has 1 heterocycles. The molecule has 0 saturated heterocycles. The fourth-order valence-corrected chi connectivity index (χ4v) is 2.78. The molecule has 0 amide bonds. The molecule has 20 heavy (non-hydrogen) atoms. The number of ketones is 2. The van der Waals surface area contributed by atoms with Gasteiger partial charge in [0, 0.05) is 17.4 Å². The minimum atomic E-state index is -0.476. The zero-order valence-electron chi connectivity index (χ0n) is 10.6. The van der Waals surface area contributed by atoms with E-state index in [9.17, 15) is 9.59 Å². The molecule has 1 aromatic carbocycles. The Balaban J connectivity index is 2.01. The number of nitrogens with zero attached hydrogens (tertiary/aromatic N) is 3. The first kappa shape index (κ1) is 13.0. The first-order valence-corrected chi connectivity index (χ1v) is 6.67. The maximum Gasteiger partial charge on any atom is 0.165 e. The Kier molecular flexibility index (Phi) is 3.36. The number of carbonyl (C=O) groups excluding carboxylic acids is 2. The van der Waals surface area contributed by atoms with Crippen LogP contribution in [0.15, 0.2) is 36.9 Å². The molecule has 1 fully saturated rings. The minimum absolute atomic E-state index is 0.0331. The predicted octanol–water partition coefficient (Wildman–Crippen LogP) is 2.19. The van der Waals surface area contributed by atoms with Crippen molar-refractivity contribution in [3.8, 4) is 0 Å². The summed E-state index contributed by atoms with van der Waals surface area (Å²) in [6.07, 6.45) is 3.20. The summed E-state index contributed by atoms with van der Waals surface area (Å²) in [5.74, 6) is -0.374. The lowest BCUT2D eigenvalue weighted by Gasteiger charge is -2.29. The Labute approximate surface area is 120 Å². The predicted molar refractivity (Wildman–Crippen MR) is 72.5 cm³/mol. The van der Waals surface area contributed by atoms with Gasteiger partial charge in [0.15, 0.2) is 5.78 Å². The van der Waals surface area contributed by atoms with Crippen molar-refractivity contribution in [1.29, 1.82) is 0 Å². The van der Waals surface area contributed by atoms with Crippen molar-refractivity contribution in [2.24, 2.45) is 0 Å². The zero-order valence-corrected chi connectivity index (χ0v) is 11.3. The van der Waals surface area contributed by atoms with Gasteiger partial charge in [-0.25, -0.2) is 9.67 Å². The van der Waals surface area contributed by atoms with E-state index >= 15 is 0 Å². The van der Waals surface area contributed by atoms with Crippen LogP contribution < -0.4 is 0 Å². The Morgan fingerprint density at radius 1 is 1.20 bits per heavy atom. The number of Topliss-reactive ketones (excluding diaryl/α,β-unsaturated/α-hetero) is 2. The van der Waals surface area contributed by atoms with E-state index in [1.165, 1.54) is 17.3 Å². The van der Waals surface area contributed by atoms with Crippen molar-refractivity contribution in [1.82, 2.24) is 14.8 Å². The van der Waals surface area contributed by atoms with Crippen LogP contribution in [-0.4, -0.2) is 26.3 Å². The molecule has 102 valence electrons. The molecule has 1 aliphatic carbocycles. The van der Waals surface area contributed by atoms with Gasteiger partial charge in [0.2, 0.25) is 0 Å². The van der Waals surface area contributed by atoms with E-state index in [-0.39, 0.29) is 23.9 Å².